The first-order chi connectivity index (χ1) is 11.9. The average molecular weight is 401 g/mol. The minimum Gasteiger partial charge on any atom is -0.416 e. The molecule has 2 heterocycles. The van der Waals surface area contributed by atoms with E-state index in [1.165, 1.54) is 11.8 Å². The second kappa shape index (κ2) is 7.63. The fourth-order valence-corrected chi connectivity index (χ4v) is 3.73. The van der Waals surface area contributed by atoms with Gasteiger partial charge in [0, 0.05) is 28.3 Å². The van der Waals surface area contributed by atoms with Crippen LogP contribution < -0.4 is 10.6 Å². The summed E-state index contributed by atoms with van der Waals surface area (Å²) >= 11 is 13.3. The number of hydrogen-bond acceptors (Lipinski definition) is 6. The van der Waals surface area contributed by atoms with E-state index in [0.29, 0.717) is 26.9 Å². The van der Waals surface area contributed by atoms with Crippen LogP contribution in [0.1, 0.15) is 18.4 Å². The van der Waals surface area contributed by atoms with Crippen LogP contribution in [0.4, 0.5) is 4.79 Å². The molecule has 3 amide bonds. The Morgan fingerprint density at radius 3 is 2.80 bits per heavy atom. The van der Waals surface area contributed by atoms with Crippen LogP contribution in [-0.4, -0.2) is 28.2 Å². The third-order valence-corrected chi connectivity index (χ3v) is 5.20. The number of urea groups is 1. The molecule has 0 radical (unpaired) electrons. The number of nitrogens with one attached hydrogen (secondary N) is 2. The van der Waals surface area contributed by atoms with E-state index in [0.717, 1.165) is 5.56 Å². The number of carbonyl (C=O) groups is 2. The molecular weight excluding hydrogens is 387 g/mol. The number of imide groups is 1. The van der Waals surface area contributed by atoms with Gasteiger partial charge in [0.05, 0.1) is 5.92 Å². The molecule has 1 aromatic heterocycles. The Morgan fingerprint density at radius 1 is 1.28 bits per heavy atom. The lowest BCUT2D eigenvalue weighted by Gasteiger charge is -2.27. The summed E-state index contributed by atoms with van der Waals surface area (Å²) < 4.78 is 5.57. The van der Waals surface area contributed by atoms with Crippen molar-refractivity contribution in [2.45, 2.75) is 30.4 Å². The van der Waals surface area contributed by atoms with Gasteiger partial charge in [0.2, 0.25) is 11.8 Å². The van der Waals surface area contributed by atoms with Crippen molar-refractivity contribution < 1.29 is 14.0 Å². The Kier molecular flexibility index (Phi) is 5.51. The monoisotopic (exact) mass is 400 g/mol. The van der Waals surface area contributed by atoms with Gasteiger partial charge in [-0.3, -0.25) is 10.1 Å². The van der Waals surface area contributed by atoms with Gasteiger partial charge in [-0.15, -0.1) is 10.2 Å². The van der Waals surface area contributed by atoms with Crippen LogP contribution in [-0.2, 0) is 17.0 Å². The van der Waals surface area contributed by atoms with Gasteiger partial charge >= 0.3 is 6.03 Å². The molecule has 1 aromatic carbocycles. The van der Waals surface area contributed by atoms with E-state index in [9.17, 15) is 9.59 Å². The van der Waals surface area contributed by atoms with E-state index in [-0.39, 0.29) is 18.4 Å². The Morgan fingerprint density at radius 2 is 2.08 bits per heavy atom. The molecule has 2 N–H and O–H groups in total. The highest BCUT2D eigenvalue weighted by molar-refractivity contribution is 7.98. The molecule has 0 aliphatic carbocycles. The topological polar surface area (TPSA) is 97.1 Å². The van der Waals surface area contributed by atoms with Gasteiger partial charge in [0.25, 0.3) is 5.22 Å². The number of halogens is 2. The van der Waals surface area contributed by atoms with Gasteiger partial charge < -0.3 is 9.73 Å². The number of nitrogens with zero attached hydrogens (tertiary/aromatic N) is 2. The summed E-state index contributed by atoms with van der Waals surface area (Å²) in [5, 5.41) is 14.3. The molecule has 1 aliphatic rings. The molecule has 0 saturated carbocycles. The molecule has 3 rings (SSSR count). The largest absolute Gasteiger partial charge is 0.416 e. The highest BCUT2D eigenvalue weighted by atomic mass is 35.5. The number of benzene rings is 1. The van der Waals surface area contributed by atoms with Gasteiger partial charge in [-0.05, 0) is 24.6 Å². The average Bonchev–Trinajstić information content (AvgIpc) is 2.97. The van der Waals surface area contributed by atoms with Gasteiger partial charge in [-0.2, -0.15) is 0 Å². The molecule has 1 aliphatic heterocycles. The SMILES string of the molecule is CC1NC(=O)NC(=O)C1Cc1nnc(SCc2ccc(Cl)cc2Cl)o1. The number of amides is 3. The van der Waals surface area contributed by atoms with Crippen LogP contribution in [0.2, 0.25) is 10.0 Å². The first-order valence-electron chi connectivity index (χ1n) is 7.43. The quantitative estimate of drug-likeness (QED) is 0.748. The second-order valence-electron chi connectivity index (χ2n) is 5.55. The lowest BCUT2D eigenvalue weighted by Crippen LogP contribution is -2.57. The normalized spacial score (nSPS) is 20.3. The maximum atomic E-state index is 11.9. The highest BCUT2D eigenvalue weighted by Crippen LogP contribution is 2.28. The number of rotatable bonds is 5. The molecule has 7 nitrogen and oxygen atoms in total. The van der Waals surface area contributed by atoms with Gasteiger partial charge in [0.1, 0.15) is 0 Å². The summed E-state index contributed by atoms with van der Waals surface area (Å²) in [6.07, 6.45) is 0.253. The fraction of sp³-hybridized carbons (Fsp3) is 0.333. The predicted molar refractivity (Wildman–Crippen MR) is 93.7 cm³/mol. The van der Waals surface area contributed by atoms with Crippen molar-refractivity contribution in [3.8, 4) is 0 Å². The van der Waals surface area contributed by atoms with E-state index in [1.807, 2.05) is 6.07 Å². The second-order valence-corrected chi connectivity index (χ2v) is 7.32. The number of thioether (sulfide) groups is 1. The molecule has 10 heteroatoms. The molecule has 2 unspecified atom stereocenters. The number of carbonyl (C=O) groups excluding carboxylic acids is 2. The fourth-order valence-electron chi connectivity index (χ4n) is 2.39. The van der Waals surface area contributed by atoms with Crippen molar-refractivity contribution in [2.75, 3.05) is 0 Å². The molecule has 132 valence electrons. The smallest absolute Gasteiger partial charge is 0.321 e. The van der Waals surface area contributed by atoms with Crippen LogP contribution in [0.15, 0.2) is 27.8 Å². The number of hydrogen-bond donors (Lipinski definition) is 2. The van der Waals surface area contributed by atoms with Crippen LogP contribution in [0.25, 0.3) is 0 Å². The Labute approximate surface area is 157 Å². The zero-order valence-corrected chi connectivity index (χ0v) is 15.4. The first-order valence-corrected chi connectivity index (χ1v) is 9.17. The summed E-state index contributed by atoms with van der Waals surface area (Å²) in [5.41, 5.74) is 0.902. The molecule has 1 saturated heterocycles. The highest BCUT2D eigenvalue weighted by Gasteiger charge is 2.34. The van der Waals surface area contributed by atoms with Crippen LogP contribution >= 0.6 is 35.0 Å². The van der Waals surface area contributed by atoms with E-state index >= 15 is 0 Å². The van der Waals surface area contributed by atoms with Gasteiger partial charge in [0.15, 0.2) is 0 Å². The summed E-state index contributed by atoms with van der Waals surface area (Å²) in [5.74, 6) is 0.0831. The predicted octanol–water partition coefficient (Wildman–Crippen LogP) is 3.06. The van der Waals surface area contributed by atoms with Crippen LogP contribution in [0.5, 0.6) is 0 Å². The van der Waals surface area contributed by atoms with Crippen molar-refractivity contribution in [2.24, 2.45) is 5.92 Å². The maximum absolute atomic E-state index is 11.9. The van der Waals surface area contributed by atoms with Crippen molar-refractivity contribution in [1.82, 2.24) is 20.8 Å². The lowest BCUT2D eigenvalue weighted by molar-refractivity contribution is -0.125. The minimum atomic E-state index is -0.490. The first kappa shape index (κ1) is 18.0. The zero-order valence-electron chi connectivity index (χ0n) is 13.1. The van der Waals surface area contributed by atoms with Crippen molar-refractivity contribution in [3.63, 3.8) is 0 Å². The summed E-state index contributed by atoms with van der Waals surface area (Å²) in [6.45, 7) is 1.76. The Hall–Kier alpha value is -1.77. The Balaban J connectivity index is 1.60. The molecule has 0 bridgehead atoms. The molecule has 1 fully saturated rings. The van der Waals surface area contributed by atoms with E-state index in [1.54, 1.807) is 19.1 Å². The minimum absolute atomic E-state index is 0.253. The third-order valence-electron chi connectivity index (χ3n) is 3.74. The number of aromatic nitrogens is 2. The molecule has 25 heavy (non-hydrogen) atoms. The van der Waals surface area contributed by atoms with Crippen molar-refractivity contribution in [3.05, 3.63) is 39.7 Å². The van der Waals surface area contributed by atoms with Gasteiger partial charge in [-0.25, -0.2) is 4.79 Å². The van der Waals surface area contributed by atoms with E-state index < -0.39 is 11.9 Å². The van der Waals surface area contributed by atoms with Crippen LogP contribution in [0.3, 0.4) is 0 Å². The van der Waals surface area contributed by atoms with E-state index in [4.69, 9.17) is 27.6 Å². The van der Waals surface area contributed by atoms with Gasteiger partial charge in [-0.1, -0.05) is 41.0 Å². The zero-order chi connectivity index (χ0) is 18.0. The Bertz CT molecular complexity index is 814. The third kappa shape index (κ3) is 4.45. The van der Waals surface area contributed by atoms with Crippen molar-refractivity contribution in [1.29, 1.82) is 0 Å². The lowest BCUT2D eigenvalue weighted by atomic mass is 9.95. The summed E-state index contributed by atoms with van der Waals surface area (Å²) in [6, 6.07) is 4.48. The molecule has 0 spiro atoms. The van der Waals surface area contributed by atoms with Crippen LogP contribution in [0, 0.1) is 5.92 Å². The molecule has 2 atom stereocenters. The summed E-state index contributed by atoms with van der Waals surface area (Å²) in [4.78, 5) is 23.1. The standard InChI is InChI=1S/C15H14Cl2N4O3S/c1-7-10(13(22)19-14(23)18-7)5-12-20-21-15(24-12)25-6-8-2-3-9(16)4-11(8)17/h2-4,7,10H,5-6H2,1H3,(H2,18,19,22,23). The van der Waals surface area contributed by atoms with E-state index in [2.05, 4.69) is 20.8 Å². The maximum Gasteiger partial charge on any atom is 0.321 e. The summed E-state index contributed by atoms with van der Waals surface area (Å²) in [7, 11) is 0. The van der Waals surface area contributed by atoms with Crippen molar-refractivity contribution >= 4 is 46.9 Å². The molecular formula is C15H14Cl2N4O3S. The molecule has 2 aromatic rings.